The van der Waals surface area contributed by atoms with Gasteiger partial charge < -0.3 is 4.52 Å². The molecule has 0 aliphatic heterocycles. The van der Waals surface area contributed by atoms with Gasteiger partial charge in [-0.3, -0.25) is 9.36 Å². The lowest BCUT2D eigenvalue weighted by molar-refractivity contribution is 0.391. The summed E-state index contributed by atoms with van der Waals surface area (Å²) in [6, 6.07) is 15.3. The number of benzene rings is 2. The van der Waals surface area contributed by atoms with Gasteiger partial charge >= 0.3 is 0 Å². The topological polar surface area (TPSA) is 73.8 Å². The first-order valence-corrected chi connectivity index (χ1v) is 9.67. The summed E-state index contributed by atoms with van der Waals surface area (Å²) >= 11 is 1.42. The number of para-hydroxylation sites is 1. The quantitative estimate of drug-likeness (QED) is 0.385. The second kappa shape index (κ2) is 7.36. The van der Waals surface area contributed by atoms with Crippen LogP contribution in [-0.2, 0) is 12.3 Å². The molecule has 0 N–H and O–H groups in total. The minimum Gasteiger partial charge on any atom is -0.338 e. The zero-order chi connectivity index (χ0) is 18.8. The Balaban J connectivity index is 1.61. The molecule has 0 amide bonds. The summed E-state index contributed by atoms with van der Waals surface area (Å²) < 4.78 is 7.06. The number of fused-ring (bicyclic) bond motifs is 1. The first-order chi connectivity index (χ1) is 13.2. The largest absolute Gasteiger partial charge is 0.338 e. The van der Waals surface area contributed by atoms with Crippen molar-refractivity contribution in [3.05, 3.63) is 70.3 Å². The molecule has 0 aliphatic carbocycles. The van der Waals surface area contributed by atoms with Gasteiger partial charge in [0.25, 0.3) is 5.56 Å². The fraction of sp³-hybridized carbons (Fsp3) is 0.200. The van der Waals surface area contributed by atoms with Gasteiger partial charge in [0.05, 0.1) is 16.7 Å². The molecule has 0 unspecified atom stereocenters. The predicted octanol–water partition coefficient (Wildman–Crippen LogP) is 4.07. The number of hydrogen-bond donors (Lipinski definition) is 0. The summed E-state index contributed by atoms with van der Waals surface area (Å²) in [6.07, 6.45) is 0. The number of thioether (sulfide) groups is 1. The normalized spacial score (nSPS) is 11.2. The van der Waals surface area contributed by atoms with E-state index in [1.54, 1.807) is 10.6 Å². The van der Waals surface area contributed by atoms with E-state index >= 15 is 0 Å². The van der Waals surface area contributed by atoms with E-state index in [2.05, 4.69) is 15.1 Å². The van der Waals surface area contributed by atoms with Gasteiger partial charge in [0.2, 0.25) is 11.7 Å². The van der Waals surface area contributed by atoms with Crippen LogP contribution in [0.4, 0.5) is 0 Å². The van der Waals surface area contributed by atoms with Crippen LogP contribution in [-0.4, -0.2) is 19.7 Å². The molecule has 2 aromatic carbocycles. The van der Waals surface area contributed by atoms with Gasteiger partial charge in [-0.2, -0.15) is 4.98 Å². The van der Waals surface area contributed by atoms with Crippen LogP contribution in [0.3, 0.4) is 0 Å². The summed E-state index contributed by atoms with van der Waals surface area (Å²) in [7, 11) is 0. The highest BCUT2D eigenvalue weighted by atomic mass is 32.2. The molecule has 0 saturated heterocycles. The average Bonchev–Trinajstić information content (AvgIpc) is 3.16. The Morgan fingerprint density at radius 3 is 2.67 bits per heavy atom. The molecule has 0 spiro atoms. The molecule has 0 saturated carbocycles. The van der Waals surface area contributed by atoms with E-state index in [-0.39, 0.29) is 5.56 Å². The van der Waals surface area contributed by atoms with E-state index in [4.69, 9.17) is 4.52 Å². The van der Waals surface area contributed by atoms with Crippen LogP contribution < -0.4 is 5.56 Å². The summed E-state index contributed by atoms with van der Waals surface area (Å²) in [5, 5.41) is 5.36. The van der Waals surface area contributed by atoms with Gasteiger partial charge in [-0.05, 0) is 31.5 Å². The molecular formula is C20H18N4O2S. The molecule has 136 valence electrons. The molecule has 2 heterocycles. The maximum Gasteiger partial charge on any atom is 0.262 e. The van der Waals surface area contributed by atoms with Gasteiger partial charge in [-0.1, -0.05) is 53.3 Å². The maximum absolute atomic E-state index is 12.7. The van der Waals surface area contributed by atoms with Gasteiger partial charge in [-0.25, -0.2) is 4.98 Å². The fourth-order valence-corrected chi connectivity index (χ4v) is 3.81. The summed E-state index contributed by atoms with van der Waals surface area (Å²) in [5.41, 5.74) is 2.71. The molecular weight excluding hydrogens is 360 g/mol. The van der Waals surface area contributed by atoms with Crippen LogP contribution in [0.25, 0.3) is 22.3 Å². The van der Waals surface area contributed by atoms with Crippen LogP contribution in [0.2, 0.25) is 0 Å². The molecule has 0 bridgehead atoms. The van der Waals surface area contributed by atoms with Crippen molar-refractivity contribution in [3.8, 4) is 11.4 Å². The Hall–Kier alpha value is -2.93. The minimum atomic E-state index is -0.0308. The number of aryl methyl sites for hydroxylation is 1. The number of aromatic nitrogens is 4. The third kappa shape index (κ3) is 3.38. The second-order valence-electron chi connectivity index (χ2n) is 6.08. The first kappa shape index (κ1) is 17.5. The molecule has 2 aromatic heterocycles. The SMILES string of the molecule is CCn1c(SCc2nc(-c3ccccc3C)no2)nc2ccccc2c1=O. The van der Waals surface area contributed by atoms with Crippen LogP contribution >= 0.6 is 11.8 Å². The predicted molar refractivity (Wildman–Crippen MR) is 106 cm³/mol. The van der Waals surface area contributed by atoms with Gasteiger partial charge in [-0.15, -0.1) is 0 Å². The minimum absolute atomic E-state index is 0.0308. The second-order valence-corrected chi connectivity index (χ2v) is 7.02. The highest BCUT2D eigenvalue weighted by Gasteiger charge is 2.14. The summed E-state index contributed by atoms with van der Waals surface area (Å²) in [4.78, 5) is 21.8. The van der Waals surface area contributed by atoms with Gasteiger partial charge in [0.15, 0.2) is 5.16 Å². The van der Waals surface area contributed by atoms with E-state index in [1.807, 2.05) is 56.3 Å². The Morgan fingerprint density at radius 1 is 1.07 bits per heavy atom. The third-order valence-electron chi connectivity index (χ3n) is 4.32. The van der Waals surface area contributed by atoms with Crippen molar-refractivity contribution < 1.29 is 4.52 Å². The van der Waals surface area contributed by atoms with E-state index in [0.717, 1.165) is 11.1 Å². The lowest BCUT2D eigenvalue weighted by Gasteiger charge is -2.10. The van der Waals surface area contributed by atoms with Crippen molar-refractivity contribution in [3.63, 3.8) is 0 Å². The molecule has 0 fully saturated rings. The zero-order valence-corrected chi connectivity index (χ0v) is 15.9. The smallest absolute Gasteiger partial charge is 0.262 e. The lowest BCUT2D eigenvalue weighted by atomic mass is 10.1. The highest BCUT2D eigenvalue weighted by Crippen LogP contribution is 2.24. The zero-order valence-electron chi connectivity index (χ0n) is 15.0. The highest BCUT2D eigenvalue weighted by molar-refractivity contribution is 7.98. The van der Waals surface area contributed by atoms with Crippen LogP contribution in [0.1, 0.15) is 18.4 Å². The molecule has 4 rings (SSSR count). The van der Waals surface area contributed by atoms with Gasteiger partial charge in [0.1, 0.15) is 0 Å². The number of rotatable bonds is 5. The van der Waals surface area contributed by atoms with Crippen molar-refractivity contribution in [2.75, 3.05) is 0 Å². The van der Waals surface area contributed by atoms with Crippen molar-refractivity contribution in [1.82, 2.24) is 19.7 Å². The van der Waals surface area contributed by atoms with E-state index < -0.39 is 0 Å². The van der Waals surface area contributed by atoms with Crippen LogP contribution in [0.15, 0.2) is 63.0 Å². The van der Waals surface area contributed by atoms with Crippen molar-refractivity contribution in [2.24, 2.45) is 0 Å². The Kier molecular flexibility index (Phi) is 4.77. The third-order valence-corrected chi connectivity index (χ3v) is 5.28. The van der Waals surface area contributed by atoms with E-state index in [0.29, 0.717) is 40.1 Å². The molecule has 6 nitrogen and oxygen atoms in total. The monoisotopic (exact) mass is 378 g/mol. The average molecular weight is 378 g/mol. The summed E-state index contributed by atoms with van der Waals surface area (Å²) in [5.74, 6) is 1.52. The molecule has 27 heavy (non-hydrogen) atoms. The molecule has 7 heteroatoms. The van der Waals surface area contributed by atoms with Crippen LogP contribution in [0, 0.1) is 6.92 Å². The fourth-order valence-electron chi connectivity index (χ4n) is 2.91. The Bertz CT molecular complexity index is 1170. The molecule has 0 aliphatic rings. The van der Waals surface area contributed by atoms with Crippen molar-refractivity contribution in [1.29, 1.82) is 0 Å². The van der Waals surface area contributed by atoms with Crippen molar-refractivity contribution in [2.45, 2.75) is 31.3 Å². The molecule has 4 aromatic rings. The Morgan fingerprint density at radius 2 is 1.85 bits per heavy atom. The van der Waals surface area contributed by atoms with Gasteiger partial charge in [0, 0.05) is 12.1 Å². The maximum atomic E-state index is 12.7. The van der Waals surface area contributed by atoms with Crippen LogP contribution in [0.5, 0.6) is 0 Å². The lowest BCUT2D eigenvalue weighted by Crippen LogP contribution is -2.22. The standard InChI is InChI=1S/C20H18N4O2S/c1-3-24-19(25)15-10-6-7-11-16(15)21-20(24)27-12-17-22-18(23-26-17)14-9-5-4-8-13(14)2/h4-11H,3,12H2,1-2H3. The van der Waals surface area contributed by atoms with E-state index in [1.165, 1.54) is 11.8 Å². The van der Waals surface area contributed by atoms with Crippen molar-refractivity contribution >= 4 is 22.7 Å². The molecule has 0 radical (unpaired) electrons. The number of hydrogen-bond acceptors (Lipinski definition) is 6. The summed E-state index contributed by atoms with van der Waals surface area (Å²) in [6.45, 7) is 4.50. The molecule has 0 atom stereocenters. The first-order valence-electron chi connectivity index (χ1n) is 8.68. The van der Waals surface area contributed by atoms with E-state index in [9.17, 15) is 4.79 Å². The Labute approximate surface area is 160 Å². The number of nitrogens with zero attached hydrogens (tertiary/aromatic N) is 4.